The molecule has 1 aliphatic heterocycles. The third-order valence-corrected chi connectivity index (χ3v) is 3.82. The molecule has 0 radical (unpaired) electrons. The third kappa shape index (κ3) is 4.27. The molecule has 0 saturated carbocycles. The van der Waals surface area contributed by atoms with E-state index in [4.69, 9.17) is 9.47 Å². The van der Waals surface area contributed by atoms with Gasteiger partial charge < -0.3 is 14.8 Å². The van der Waals surface area contributed by atoms with Gasteiger partial charge in [-0.15, -0.1) is 5.10 Å². The fourth-order valence-corrected chi connectivity index (χ4v) is 2.64. The largest absolute Gasteiger partial charge is 0.467 e. The number of esters is 1. The zero-order chi connectivity index (χ0) is 16.2. The fraction of sp³-hybridized carbons (Fsp3) is 0.800. The summed E-state index contributed by atoms with van der Waals surface area (Å²) in [6.07, 6.45) is 4.07. The van der Waals surface area contributed by atoms with E-state index in [1.807, 2.05) is 20.8 Å². The van der Waals surface area contributed by atoms with E-state index in [9.17, 15) is 4.79 Å². The Labute approximate surface area is 131 Å². The van der Waals surface area contributed by atoms with Crippen LogP contribution < -0.4 is 5.32 Å². The first-order valence-electron chi connectivity index (χ1n) is 7.72. The van der Waals surface area contributed by atoms with Crippen molar-refractivity contribution in [1.82, 2.24) is 20.3 Å². The van der Waals surface area contributed by atoms with Crippen molar-refractivity contribution in [3.05, 3.63) is 11.9 Å². The van der Waals surface area contributed by atoms with Gasteiger partial charge in [-0.2, -0.15) is 0 Å². The zero-order valence-electron chi connectivity index (χ0n) is 13.8. The Hall–Kier alpha value is -1.47. The van der Waals surface area contributed by atoms with Crippen LogP contribution in [0.15, 0.2) is 6.20 Å². The minimum Gasteiger partial charge on any atom is -0.467 e. The van der Waals surface area contributed by atoms with Crippen LogP contribution in [-0.4, -0.2) is 47.3 Å². The molecule has 1 fully saturated rings. The van der Waals surface area contributed by atoms with Gasteiger partial charge in [0.05, 0.1) is 26.0 Å². The number of hydrogen-bond acceptors (Lipinski definition) is 6. The lowest BCUT2D eigenvalue weighted by molar-refractivity contribution is -0.148. The molecule has 0 aromatic carbocycles. The normalized spacial score (nSPS) is 18.2. The number of piperidine rings is 1. The van der Waals surface area contributed by atoms with Crippen LogP contribution in [0.2, 0.25) is 0 Å². The number of carbonyl (C=O) groups is 1. The Balaban J connectivity index is 2.00. The second-order valence-corrected chi connectivity index (χ2v) is 6.74. The molecule has 0 amide bonds. The first-order chi connectivity index (χ1) is 10.4. The van der Waals surface area contributed by atoms with Crippen molar-refractivity contribution in [3.8, 4) is 0 Å². The monoisotopic (exact) mass is 310 g/mol. The molecule has 22 heavy (non-hydrogen) atoms. The third-order valence-electron chi connectivity index (χ3n) is 3.82. The fourth-order valence-electron chi connectivity index (χ4n) is 2.64. The van der Waals surface area contributed by atoms with Gasteiger partial charge >= 0.3 is 5.97 Å². The lowest BCUT2D eigenvalue weighted by Crippen LogP contribution is -2.33. The van der Waals surface area contributed by atoms with Crippen molar-refractivity contribution in [3.63, 3.8) is 0 Å². The minimum atomic E-state index is -0.502. The first kappa shape index (κ1) is 16.9. The van der Waals surface area contributed by atoms with Crippen molar-refractivity contribution in [2.24, 2.45) is 5.41 Å². The number of hydrogen-bond donors (Lipinski definition) is 1. The summed E-state index contributed by atoms with van der Waals surface area (Å²) >= 11 is 0. The molecule has 0 aliphatic carbocycles. The summed E-state index contributed by atoms with van der Waals surface area (Å²) in [7, 11) is 1.39. The average molecular weight is 310 g/mol. The lowest BCUT2D eigenvalue weighted by Gasteiger charge is -2.27. The Bertz CT molecular complexity index is 489. The predicted molar refractivity (Wildman–Crippen MR) is 81.2 cm³/mol. The van der Waals surface area contributed by atoms with Crippen LogP contribution in [0.5, 0.6) is 0 Å². The number of nitrogens with zero attached hydrogens (tertiary/aromatic N) is 3. The van der Waals surface area contributed by atoms with E-state index in [2.05, 4.69) is 15.6 Å². The molecule has 2 heterocycles. The van der Waals surface area contributed by atoms with E-state index >= 15 is 0 Å². The van der Waals surface area contributed by atoms with Crippen LogP contribution >= 0.6 is 0 Å². The summed E-state index contributed by atoms with van der Waals surface area (Å²) in [4.78, 5) is 12.0. The lowest BCUT2D eigenvalue weighted by atomic mass is 9.87. The predicted octanol–water partition coefficient (Wildman–Crippen LogP) is 1.31. The van der Waals surface area contributed by atoms with Crippen LogP contribution in [0, 0.1) is 5.41 Å². The molecule has 1 aliphatic rings. The van der Waals surface area contributed by atoms with Crippen LogP contribution in [0.25, 0.3) is 0 Å². The van der Waals surface area contributed by atoms with E-state index in [1.165, 1.54) is 7.11 Å². The van der Waals surface area contributed by atoms with Gasteiger partial charge in [-0.1, -0.05) is 26.0 Å². The van der Waals surface area contributed by atoms with Gasteiger partial charge in [-0.25, -0.2) is 9.48 Å². The summed E-state index contributed by atoms with van der Waals surface area (Å²) < 4.78 is 12.3. The minimum absolute atomic E-state index is 0.269. The number of rotatable bonds is 5. The van der Waals surface area contributed by atoms with E-state index < -0.39 is 6.04 Å². The van der Waals surface area contributed by atoms with E-state index in [-0.39, 0.29) is 17.5 Å². The molecule has 1 aromatic heterocycles. The van der Waals surface area contributed by atoms with Crippen molar-refractivity contribution in [1.29, 1.82) is 0 Å². The van der Waals surface area contributed by atoms with Gasteiger partial charge in [0, 0.05) is 0 Å². The molecule has 0 bridgehead atoms. The van der Waals surface area contributed by atoms with Gasteiger partial charge in [0.25, 0.3) is 0 Å². The molecule has 0 spiro atoms. The van der Waals surface area contributed by atoms with E-state index in [0.29, 0.717) is 6.61 Å². The maximum Gasteiger partial charge on any atom is 0.331 e. The summed E-state index contributed by atoms with van der Waals surface area (Å²) in [5, 5.41) is 11.5. The highest BCUT2D eigenvalue weighted by Gasteiger charge is 2.35. The molecule has 1 aromatic rings. The Morgan fingerprint density at radius 2 is 2.14 bits per heavy atom. The van der Waals surface area contributed by atoms with Crippen molar-refractivity contribution in [2.45, 2.75) is 52.4 Å². The number of ether oxygens (including phenoxy) is 2. The Morgan fingerprint density at radius 3 is 2.73 bits per heavy atom. The molecule has 0 unspecified atom stereocenters. The molecular weight excluding hydrogens is 284 g/mol. The molecule has 124 valence electrons. The second-order valence-electron chi connectivity index (χ2n) is 6.74. The molecule has 1 atom stereocenters. The standard InChI is InChI=1S/C15H26N4O3/c1-15(2,3)13(14(20)21-4)19-9-11(17-18-19)10-22-12-5-7-16-8-6-12/h9,12-13,16H,5-8,10H2,1-4H3/t13-/m1/s1. The molecule has 7 nitrogen and oxygen atoms in total. The molecular formula is C15H26N4O3. The molecule has 7 heteroatoms. The quantitative estimate of drug-likeness (QED) is 0.826. The summed E-state index contributed by atoms with van der Waals surface area (Å²) in [5.41, 5.74) is 0.421. The number of aromatic nitrogens is 3. The summed E-state index contributed by atoms with van der Waals surface area (Å²) in [6, 6.07) is -0.502. The summed E-state index contributed by atoms with van der Waals surface area (Å²) in [6.45, 7) is 8.32. The average Bonchev–Trinajstić information content (AvgIpc) is 2.93. The first-order valence-corrected chi connectivity index (χ1v) is 7.72. The van der Waals surface area contributed by atoms with Gasteiger partial charge in [0.2, 0.25) is 0 Å². The SMILES string of the molecule is COC(=O)[C@@H](n1cc(COC2CCNCC2)nn1)C(C)(C)C. The van der Waals surface area contributed by atoms with Gasteiger partial charge in [-0.3, -0.25) is 0 Å². The highest BCUT2D eigenvalue weighted by molar-refractivity contribution is 5.74. The van der Waals surface area contributed by atoms with Crippen LogP contribution in [0.4, 0.5) is 0 Å². The van der Waals surface area contributed by atoms with Crippen LogP contribution in [0.1, 0.15) is 45.3 Å². The Morgan fingerprint density at radius 1 is 1.45 bits per heavy atom. The molecule has 1 saturated heterocycles. The van der Waals surface area contributed by atoms with Crippen molar-refractivity contribution in [2.75, 3.05) is 20.2 Å². The van der Waals surface area contributed by atoms with Crippen molar-refractivity contribution < 1.29 is 14.3 Å². The highest BCUT2D eigenvalue weighted by atomic mass is 16.5. The number of nitrogens with one attached hydrogen (secondary N) is 1. The molecule has 1 N–H and O–H groups in total. The second kappa shape index (κ2) is 7.19. The zero-order valence-corrected chi connectivity index (χ0v) is 13.8. The highest BCUT2D eigenvalue weighted by Crippen LogP contribution is 2.31. The van der Waals surface area contributed by atoms with E-state index in [1.54, 1.807) is 10.9 Å². The van der Waals surface area contributed by atoms with Gasteiger partial charge in [-0.05, 0) is 31.3 Å². The number of carbonyl (C=O) groups excluding carboxylic acids is 1. The summed E-state index contributed by atoms with van der Waals surface area (Å²) in [5.74, 6) is -0.316. The number of methoxy groups -OCH3 is 1. The van der Waals surface area contributed by atoms with Gasteiger partial charge in [0.15, 0.2) is 6.04 Å². The Kier molecular flexibility index (Phi) is 5.52. The maximum absolute atomic E-state index is 12.0. The maximum atomic E-state index is 12.0. The van der Waals surface area contributed by atoms with Crippen LogP contribution in [-0.2, 0) is 20.9 Å². The van der Waals surface area contributed by atoms with Crippen molar-refractivity contribution >= 4 is 5.97 Å². The molecule has 2 rings (SSSR count). The van der Waals surface area contributed by atoms with Gasteiger partial charge in [0.1, 0.15) is 5.69 Å². The van der Waals surface area contributed by atoms with Crippen LogP contribution in [0.3, 0.4) is 0 Å². The van der Waals surface area contributed by atoms with E-state index in [0.717, 1.165) is 31.6 Å². The topological polar surface area (TPSA) is 78.3 Å². The smallest absolute Gasteiger partial charge is 0.331 e.